The van der Waals surface area contributed by atoms with E-state index in [2.05, 4.69) is 12.2 Å². The minimum Gasteiger partial charge on any atom is -0.467 e. The number of nitrogens with zero attached hydrogens (tertiary/aromatic N) is 1. The van der Waals surface area contributed by atoms with E-state index in [9.17, 15) is 9.59 Å². The van der Waals surface area contributed by atoms with Gasteiger partial charge in [0.15, 0.2) is 5.72 Å². The Bertz CT molecular complexity index is 909. The van der Waals surface area contributed by atoms with E-state index in [1.807, 2.05) is 31.2 Å². The SMILES string of the molecule is CCc1ccc(N2C(=O)N[C@@H]3C[C@@]2(C)Oc2ccc(C(=O)OC)cc23)cc1. The lowest BCUT2D eigenvalue weighted by atomic mass is 9.89. The number of ether oxygens (including phenoxy) is 2. The Labute approximate surface area is 158 Å². The molecule has 2 aliphatic heterocycles. The molecule has 6 nitrogen and oxygen atoms in total. The summed E-state index contributed by atoms with van der Waals surface area (Å²) in [5, 5.41) is 3.05. The number of amides is 2. The number of fused-ring (bicyclic) bond motifs is 4. The number of hydrogen-bond donors (Lipinski definition) is 1. The summed E-state index contributed by atoms with van der Waals surface area (Å²) in [5.41, 5.74) is 2.44. The summed E-state index contributed by atoms with van der Waals surface area (Å²) < 4.78 is 11.1. The molecule has 2 aromatic rings. The molecule has 1 saturated heterocycles. The van der Waals surface area contributed by atoms with Crippen molar-refractivity contribution < 1.29 is 19.1 Å². The lowest BCUT2D eigenvalue weighted by molar-refractivity contribution is 0.0377. The second-order valence-electron chi connectivity index (χ2n) is 7.08. The molecule has 0 saturated carbocycles. The molecular formula is C21H22N2O4. The maximum Gasteiger partial charge on any atom is 0.337 e. The van der Waals surface area contributed by atoms with Crippen molar-refractivity contribution in [1.82, 2.24) is 5.32 Å². The number of hydrogen-bond acceptors (Lipinski definition) is 4. The first-order valence-corrected chi connectivity index (χ1v) is 9.06. The zero-order chi connectivity index (χ0) is 19.2. The number of methoxy groups -OCH3 is 1. The van der Waals surface area contributed by atoms with Gasteiger partial charge in [0.05, 0.1) is 18.7 Å². The van der Waals surface area contributed by atoms with Gasteiger partial charge >= 0.3 is 12.0 Å². The fourth-order valence-corrected chi connectivity index (χ4v) is 3.89. The molecule has 0 spiro atoms. The number of carbonyl (C=O) groups excluding carboxylic acids is 2. The molecule has 2 amide bonds. The van der Waals surface area contributed by atoms with Gasteiger partial charge in [0.1, 0.15) is 5.75 Å². The zero-order valence-electron chi connectivity index (χ0n) is 15.6. The van der Waals surface area contributed by atoms with E-state index in [4.69, 9.17) is 9.47 Å². The number of rotatable bonds is 3. The van der Waals surface area contributed by atoms with E-state index in [0.717, 1.165) is 17.7 Å². The highest BCUT2D eigenvalue weighted by Crippen LogP contribution is 2.45. The summed E-state index contributed by atoms with van der Waals surface area (Å²) in [6.45, 7) is 4.02. The average molecular weight is 366 g/mol. The molecule has 2 atom stereocenters. The summed E-state index contributed by atoms with van der Waals surface area (Å²) in [5.74, 6) is 0.252. The largest absolute Gasteiger partial charge is 0.467 e. The van der Waals surface area contributed by atoms with Crippen LogP contribution in [0.2, 0.25) is 0 Å². The van der Waals surface area contributed by atoms with Gasteiger partial charge in [0.2, 0.25) is 0 Å². The fourth-order valence-electron chi connectivity index (χ4n) is 3.89. The Hall–Kier alpha value is -3.02. The van der Waals surface area contributed by atoms with E-state index in [0.29, 0.717) is 17.7 Å². The van der Waals surface area contributed by atoms with Crippen LogP contribution in [0.5, 0.6) is 5.75 Å². The highest BCUT2D eigenvalue weighted by Gasteiger charge is 2.49. The van der Waals surface area contributed by atoms with Gasteiger partial charge in [-0.2, -0.15) is 0 Å². The molecule has 2 heterocycles. The first-order valence-electron chi connectivity index (χ1n) is 9.06. The summed E-state index contributed by atoms with van der Waals surface area (Å²) in [7, 11) is 1.35. The number of carbonyl (C=O) groups is 2. The van der Waals surface area contributed by atoms with Gasteiger partial charge in [-0.15, -0.1) is 0 Å². The molecule has 0 radical (unpaired) electrons. The highest BCUT2D eigenvalue weighted by molar-refractivity contribution is 5.95. The predicted molar refractivity (Wildman–Crippen MR) is 101 cm³/mol. The number of anilines is 1. The van der Waals surface area contributed by atoms with Crippen LogP contribution in [0, 0.1) is 0 Å². The van der Waals surface area contributed by atoms with Crippen molar-refractivity contribution in [2.24, 2.45) is 0 Å². The molecule has 0 unspecified atom stereocenters. The molecule has 2 aromatic carbocycles. The molecule has 2 aliphatic rings. The van der Waals surface area contributed by atoms with E-state index >= 15 is 0 Å². The van der Waals surface area contributed by atoms with Crippen molar-refractivity contribution >= 4 is 17.7 Å². The summed E-state index contributed by atoms with van der Waals surface area (Å²) in [6.07, 6.45) is 1.52. The molecule has 140 valence electrons. The summed E-state index contributed by atoms with van der Waals surface area (Å²) >= 11 is 0. The van der Waals surface area contributed by atoms with Gasteiger partial charge < -0.3 is 14.8 Å². The molecule has 6 heteroatoms. The van der Waals surface area contributed by atoms with Crippen LogP contribution in [0.15, 0.2) is 42.5 Å². The molecule has 27 heavy (non-hydrogen) atoms. The second-order valence-corrected chi connectivity index (χ2v) is 7.08. The molecule has 0 aliphatic carbocycles. The number of nitrogens with one attached hydrogen (secondary N) is 1. The Kier molecular flexibility index (Phi) is 4.06. The van der Waals surface area contributed by atoms with Crippen LogP contribution in [0.4, 0.5) is 10.5 Å². The smallest absolute Gasteiger partial charge is 0.337 e. The fraction of sp³-hybridized carbons (Fsp3) is 0.333. The van der Waals surface area contributed by atoms with E-state index in [1.165, 1.54) is 12.7 Å². The van der Waals surface area contributed by atoms with Gasteiger partial charge in [-0.1, -0.05) is 19.1 Å². The quantitative estimate of drug-likeness (QED) is 0.839. The van der Waals surface area contributed by atoms with Gasteiger partial charge in [-0.05, 0) is 49.2 Å². The standard InChI is InChI=1S/C21H22N2O4/c1-4-13-5-8-15(9-6-13)23-20(25)22-17-12-21(23,2)27-18-10-7-14(11-16(17)18)19(24)26-3/h5-11,17H,4,12H2,1-3H3,(H,22,25)/t17-,21-/m1/s1. The van der Waals surface area contributed by atoms with Crippen molar-refractivity contribution in [3.63, 3.8) is 0 Å². The number of urea groups is 1. The van der Waals surface area contributed by atoms with Gasteiger partial charge in [0.25, 0.3) is 0 Å². The Morgan fingerprint density at radius 2 is 2.04 bits per heavy atom. The maximum atomic E-state index is 12.9. The molecular weight excluding hydrogens is 344 g/mol. The summed E-state index contributed by atoms with van der Waals surface area (Å²) in [6, 6.07) is 12.7. The van der Waals surface area contributed by atoms with E-state index in [-0.39, 0.29) is 12.1 Å². The monoisotopic (exact) mass is 366 g/mol. The normalized spacial score (nSPS) is 23.1. The van der Waals surface area contributed by atoms with Crippen molar-refractivity contribution in [3.8, 4) is 5.75 Å². The number of aryl methyl sites for hydroxylation is 1. The lowest BCUT2D eigenvalue weighted by Crippen LogP contribution is -2.65. The first-order chi connectivity index (χ1) is 12.9. The number of benzene rings is 2. The first kappa shape index (κ1) is 17.4. The second kappa shape index (κ2) is 6.30. The van der Waals surface area contributed by atoms with Crippen molar-refractivity contribution in [3.05, 3.63) is 59.2 Å². The molecule has 0 aromatic heterocycles. The minimum atomic E-state index is -0.805. The van der Waals surface area contributed by atoms with Crippen molar-refractivity contribution in [2.45, 2.75) is 38.5 Å². The Morgan fingerprint density at radius 1 is 1.30 bits per heavy atom. The van der Waals surface area contributed by atoms with Crippen LogP contribution in [0.25, 0.3) is 0 Å². The van der Waals surface area contributed by atoms with Crippen LogP contribution < -0.4 is 15.0 Å². The van der Waals surface area contributed by atoms with Gasteiger partial charge in [-0.3, -0.25) is 4.90 Å². The maximum absolute atomic E-state index is 12.9. The molecule has 1 fully saturated rings. The van der Waals surface area contributed by atoms with Crippen molar-refractivity contribution in [2.75, 3.05) is 12.0 Å². The number of esters is 1. The molecule has 2 bridgehead atoms. The Balaban J connectivity index is 1.72. The average Bonchev–Trinajstić information content (AvgIpc) is 2.67. The van der Waals surface area contributed by atoms with Crippen molar-refractivity contribution in [1.29, 1.82) is 0 Å². The van der Waals surface area contributed by atoms with Gasteiger partial charge in [-0.25, -0.2) is 9.59 Å². The third kappa shape index (κ3) is 2.81. The summed E-state index contributed by atoms with van der Waals surface area (Å²) in [4.78, 5) is 26.4. The predicted octanol–water partition coefficient (Wildman–Crippen LogP) is 3.81. The van der Waals surface area contributed by atoms with Crippen LogP contribution in [-0.2, 0) is 11.2 Å². The van der Waals surface area contributed by atoms with Crippen LogP contribution in [-0.4, -0.2) is 24.8 Å². The lowest BCUT2D eigenvalue weighted by Gasteiger charge is -2.50. The highest BCUT2D eigenvalue weighted by atomic mass is 16.5. The minimum absolute atomic E-state index is 0.216. The van der Waals surface area contributed by atoms with Gasteiger partial charge in [0, 0.05) is 17.7 Å². The van der Waals surface area contributed by atoms with Crippen LogP contribution >= 0.6 is 0 Å². The molecule has 4 rings (SSSR count). The molecule has 1 N–H and O–H groups in total. The van der Waals surface area contributed by atoms with E-state index < -0.39 is 11.7 Å². The van der Waals surface area contributed by atoms with Crippen LogP contribution in [0.3, 0.4) is 0 Å². The topological polar surface area (TPSA) is 67.9 Å². The zero-order valence-corrected chi connectivity index (χ0v) is 15.6. The van der Waals surface area contributed by atoms with Crippen LogP contribution in [0.1, 0.15) is 47.8 Å². The third-order valence-corrected chi connectivity index (χ3v) is 5.30. The van der Waals surface area contributed by atoms with E-state index in [1.54, 1.807) is 23.1 Å². The third-order valence-electron chi connectivity index (χ3n) is 5.30. The Morgan fingerprint density at radius 3 is 2.70 bits per heavy atom.